The van der Waals surface area contributed by atoms with Crippen LogP contribution in [0, 0.1) is 0 Å². The molecule has 11 nitrogen and oxygen atoms in total. The first-order valence-electron chi connectivity index (χ1n) is 9.26. The summed E-state index contributed by atoms with van der Waals surface area (Å²) in [5.41, 5.74) is 8.73. The number of nitrogens with one attached hydrogen (secondary N) is 3. The first-order valence-corrected chi connectivity index (χ1v) is 9.26. The molecule has 0 fully saturated rings. The van der Waals surface area contributed by atoms with Crippen LogP contribution in [0.25, 0.3) is 11.2 Å². The van der Waals surface area contributed by atoms with Crippen molar-refractivity contribution in [2.75, 3.05) is 16.4 Å². The van der Waals surface area contributed by atoms with E-state index in [0.717, 1.165) is 0 Å². The molecule has 0 aliphatic carbocycles. The quantitative estimate of drug-likeness (QED) is 0.288. The minimum absolute atomic E-state index is 0.195. The number of hydrogen-bond donors (Lipinski definition) is 4. The molecule has 2 aromatic heterocycles. The zero-order valence-electron chi connectivity index (χ0n) is 16.7. The lowest BCUT2D eigenvalue weighted by Gasteiger charge is -2.12. The summed E-state index contributed by atoms with van der Waals surface area (Å²) in [6, 6.07) is 12.0. The maximum absolute atomic E-state index is 12.3. The number of imidazole rings is 1. The summed E-state index contributed by atoms with van der Waals surface area (Å²) in [5.74, 6) is -0.0526. The van der Waals surface area contributed by atoms with E-state index in [0.29, 0.717) is 34.1 Å². The Morgan fingerprint density at radius 1 is 1.10 bits per heavy atom. The van der Waals surface area contributed by atoms with Gasteiger partial charge in [-0.15, -0.1) is 0 Å². The molecular formula is C20H19N9O2. The number of aromatic nitrogens is 4. The second-order valence-electron chi connectivity index (χ2n) is 6.77. The molecule has 31 heavy (non-hydrogen) atoms. The van der Waals surface area contributed by atoms with Crippen LogP contribution < -0.4 is 21.9 Å². The van der Waals surface area contributed by atoms with Crippen LogP contribution in [0.2, 0.25) is 0 Å². The first-order chi connectivity index (χ1) is 14.9. The fourth-order valence-electron chi connectivity index (χ4n) is 2.86. The van der Waals surface area contributed by atoms with Gasteiger partial charge in [-0.1, -0.05) is 0 Å². The molecular weight excluding hydrogens is 398 g/mol. The van der Waals surface area contributed by atoms with Gasteiger partial charge < -0.3 is 20.9 Å². The highest BCUT2D eigenvalue weighted by Gasteiger charge is 2.11. The normalized spacial score (nSPS) is 11.2. The summed E-state index contributed by atoms with van der Waals surface area (Å²) in [5, 5.41) is 14.2. The average molecular weight is 417 g/mol. The second-order valence-corrected chi connectivity index (χ2v) is 6.77. The topological polar surface area (TPSA) is 155 Å². The van der Waals surface area contributed by atoms with E-state index < -0.39 is 0 Å². The van der Waals surface area contributed by atoms with Gasteiger partial charge in [0.2, 0.25) is 11.9 Å². The summed E-state index contributed by atoms with van der Waals surface area (Å²) < 4.78 is 1.64. The predicted molar refractivity (Wildman–Crippen MR) is 118 cm³/mol. The number of anilines is 4. The third kappa shape index (κ3) is 4.40. The maximum atomic E-state index is 12.3. The van der Waals surface area contributed by atoms with E-state index in [9.17, 15) is 9.59 Å². The number of fused-ring (bicyclic) bond motifs is 1. The van der Waals surface area contributed by atoms with Crippen molar-refractivity contribution in [2.45, 2.75) is 6.92 Å². The van der Waals surface area contributed by atoms with Gasteiger partial charge in [-0.3, -0.25) is 14.6 Å². The minimum atomic E-state index is -0.381. The molecule has 0 bridgehead atoms. The number of hydrogen-bond acceptors (Lipinski definition) is 8. The second kappa shape index (κ2) is 8.06. The van der Waals surface area contributed by atoms with Gasteiger partial charge in [-0.05, 0) is 42.5 Å². The Hall–Kier alpha value is -4.54. The van der Waals surface area contributed by atoms with Gasteiger partial charge >= 0.3 is 0 Å². The number of carbonyl (C=O) groups is 1. The highest BCUT2D eigenvalue weighted by Crippen LogP contribution is 2.30. The van der Waals surface area contributed by atoms with Gasteiger partial charge in [0.05, 0.1) is 29.1 Å². The van der Waals surface area contributed by atoms with Crippen LogP contribution in [0.5, 0.6) is 0 Å². The Morgan fingerprint density at radius 3 is 2.55 bits per heavy atom. The summed E-state index contributed by atoms with van der Waals surface area (Å²) in [7, 11) is 1.74. The molecule has 4 rings (SSSR count). The van der Waals surface area contributed by atoms with Crippen LogP contribution in [0.1, 0.15) is 6.92 Å². The number of carbonyl (C=O) groups excluding carboxylic acids is 1. The molecule has 2 heterocycles. The van der Waals surface area contributed by atoms with Crippen molar-refractivity contribution in [1.29, 1.82) is 0 Å². The molecule has 0 aliphatic rings. The van der Waals surface area contributed by atoms with Gasteiger partial charge in [0.1, 0.15) is 0 Å². The molecule has 0 unspecified atom stereocenters. The van der Waals surface area contributed by atoms with E-state index in [1.807, 2.05) is 0 Å². The number of rotatable bonds is 5. The van der Waals surface area contributed by atoms with E-state index in [1.165, 1.54) is 13.3 Å². The number of nitrogen functional groups attached to an aromatic ring is 1. The lowest BCUT2D eigenvalue weighted by molar-refractivity contribution is -0.114. The Kier molecular flexibility index (Phi) is 5.14. The molecule has 1 amide bonds. The molecule has 0 saturated carbocycles. The number of azo groups is 1. The van der Waals surface area contributed by atoms with Crippen LogP contribution in [-0.4, -0.2) is 25.4 Å². The van der Waals surface area contributed by atoms with Gasteiger partial charge in [-0.2, -0.15) is 15.2 Å². The lowest BCUT2D eigenvalue weighted by atomic mass is 10.2. The molecule has 0 radical (unpaired) electrons. The van der Waals surface area contributed by atoms with Gasteiger partial charge in [-0.25, -0.2) is 4.98 Å². The summed E-state index contributed by atoms with van der Waals surface area (Å²) in [6.07, 6.45) is 1.51. The molecule has 0 atom stereocenters. The molecule has 11 heteroatoms. The van der Waals surface area contributed by atoms with Gasteiger partial charge in [0.15, 0.2) is 11.2 Å². The highest BCUT2D eigenvalue weighted by molar-refractivity contribution is 5.93. The molecule has 156 valence electrons. The number of aromatic amines is 1. The smallest absolute Gasteiger partial charge is 0.280 e. The van der Waals surface area contributed by atoms with Crippen molar-refractivity contribution in [3.63, 3.8) is 0 Å². The molecule has 2 aromatic carbocycles. The fourth-order valence-corrected chi connectivity index (χ4v) is 2.86. The van der Waals surface area contributed by atoms with Crippen LogP contribution in [0.3, 0.4) is 0 Å². The third-order valence-corrected chi connectivity index (χ3v) is 4.31. The number of amides is 1. The Morgan fingerprint density at radius 2 is 1.81 bits per heavy atom. The fraction of sp³-hybridized carbons (Fsp3) is 0.100. The first kappa shape index (κ1) is 19.8. The SMILES string of the molecule is CC(=O)Nc1ccc(N=Nc2ccc(N)cc2)cc1Nc1nc2c(ncn2C)c(=O)[nH]1. The third-order valence-electron chi connectivity index (χ3n) is 4.31. The largest absolute Gasteiger partial charge is 0.399 e. The maximum Gasteiger partial charge on any atom is 0.280 e. The summed E-state index contributed by atoms with van der Waals surface area (Å²) in [4.78, 5) is 35.0. The van der Waals surface area contributed by atoms with Crippen LogP contribution in [0.15, 0.2) is 63.8 Å². The molecule has 0 spiro atoms. The van der Waals surface area contributed by atoms with E-state index in [1.54, 1.807) is 54.1 Å². The van der Waals surface area contributed by atoms with Crippen molar-refractivity contribution in [1.82, 2.24) is 19.5 Å². The van der Waals surface area contributed by atoms with Gasteiger partial charge in [0.25, 0.3) is 5.56 Å². The van der Waals surface area contributed by atoms with Crippen LogP contribution in [-0.2, 0) is 11.8 Å². The van der Waals surface area contributed by atoms with Crippen molar-refractivity contribution in [3.05, 3.63) is 59.1 Å². The minimum Gasteiger partial charge on any atom is -0.399 e. The molecule has 5 N–H and O–H groups in total. The Labute approximate surface area is 176 Å². The van der Waals surface area contributed by atoms with Crippen molar-refractivity contribution in [3.8, 4) is 0 Å². The summed E-state index contributed by atoms with van der Waals surface area (Å²) >= 11 is 0. The molecule has 0 saturated heterocycles. The number of aryl methyl sites for hydroxylation is 1. The zero-order valence-corrected chi connectivity index (χ0v) is 16.7. The molecule has 4 aromatic rings. The Balaban J connectivity index is 1.69. The zero-order chi connectivity index (χ0) is 22.0. The predicted octanol–water partition coefficient (Wildman–Crippen LogP) is 3.36. The number of benzene rings is 2. The van der Waals surface area contributed by atoms with Crippen molar-refractivity contribution >= 4 is 51.5 Å². The Bertz CT molecular complexity index is 1350. The highest BCUT2D eigenvalue weighted by atomic mass is 16.1. The van der Waals surface area contributed by atoms with E-state index in [2.05, 4.69) is 35.8 Å². The molecule has 0 aliphatic heterocycles. The number of H-pyrrole nitrogens is 1. The van der Waals surface area contributed by atoms with Crippen molar-refractivity contribution in [2.24, 2.45) is 17.3 Å². The summed E-state index contributed by atoms with van der Waals surface area (Å²) in [6.45, 7) is 1.40. The van der Waals surface area contributed by atoms with E-state index in [-0.39, 0.29) is 22.9 Å². The monoisotopic (exact) mass is 417 g/mol. The number of nitrogens with zero attached hydrogens (tertiary/aromatic N) is 5. The van der Waals surface area contributed by atoms with Gasteiger partial charge in [0, 0.05) is 19.7 Å². The van der Waals surface area contributed by atoms with Crippen LogP contribution in [0.4, 0.5) is 34.4 Å². The van der Waals surface area contributed by atoms with E-state index >= 15 is 0 Å². The van der Waals surface area contributed by atoms with Crippen molar-refractivity contribution < 1.29 is 4.79 Å². The lowest BCUT2D eigenvalue weighted by Crippen LogP contribution is -2.13. The number of nitrogens with two attached hydrogens (primary N) is 1. The standard InChI is InChI=1S/C20H19N9O2/c1-11(30)23-15-8-7-14(28-27-13-5-3-12(21)4-6-13)9-16(15)24-20-25-18-17(19(31)26-20)22-10-29(18)2/h3-10H,21H2,1-2H3,(H,23,30)(H2,24,25,26,31). The van der Waals surface area contributed by atoms with Crippen LogP contribution >= 0.6 is 0 Å². The van der Waals surface area contributed by atoms with E-state index in [4.69, 9.17) is 5.73 Å². The average Bonchev–Trinajstić information content (AvgIpc) is 3.10.